The monoisotopic (exact) mass is 312 g/mol. The first-order chi connectivity index (χ1) is 10.2. The predicted molar refractivity (Wildman–Crippen MR) is 78.1 cm³/mol. The summed E-state index contributed by atoms with van der Waals surface area (Å²) in [6.07, 6.45) is 0. The molecule has 0 aliphatic rings. The maximum atomic E-state index is 12.8. The minimum absolute atomic E-state index is 0.168. The van der Waals surface area contributed by atoms with E-state index in [0.29, 0.717) is 29.9 Å². The first-order valence-corrected chi connectivity index (χ1v) is 7.47. The Hall–Kier alpha value is -1.80. The second-order valence-electron chi connectivity index (χ2n) is 4.06. The Morgan fingerprint density at radius 1 is 1.29 bits per heavy atom. The summed E-state index contributed by atoms with van der Waals surface area (Å²) < 4.78 is 24.9. The number of hydrogen-bond donors (Lipinski definition) is 1. The van der Waals surface area contributed by atoms with Gasteiger partial charge in [-0.3, -0.25) is 0 Å². The van der Waals surface area contributed by atoms with E-state index in [4.69, 9.17) is 15.3 Å². The summed E-state index contributed by atoms with van der Waals surface area (Å²) in [6.45, 7) is 3.43. The molecule has 2 rings (SSSR count). The van der Waals surface area contributed by atoms with Crippen LogP contribution in [0.4, 0.5) is 4.39 Å². The molecule has 0 saturated heterocycles. The van der Waals surface area contributed by atoms with Crippen molar-refractivity contribution < 1.29 is 13.9 Å². The van der Waals surface area contributed by atoms with Crippen molar-refractivity contribution in [3.63, 3.8) is 0 Å². The first-order valence-electron chi connectivity index (χ1n) is 6.49. The zero-order valence-corrected chi connectivity index (χ0v) is 12.5. The second-order valence-corrected chi connectivity index (χ2v) is 5.12. The van der Waals surface area contributed by atoms with E-state index < -0.39 is 0 Å². The van der Waals surface area contributed by atoms with Crippen molar-refractivity contribution >= 4 is 11.8 Å². The number of halogens is 1. The highest BCUT2D eigenvalue weighted by Crippen LogP contribution is 2.16. The van der Waals surface area contributed by atoms with Crippen LogP contribution in [0.25, 0.3) is 0 Å². The molecule has 2 N–H and O–H groups in total. The molecule has 1 aromatic heterocycles. The van der Waals surface area contributed by atoms with Gasteiger partial charge in [0, 0.05) is 12.4 Å². The minimum atomic E-state index is -0.308. The van der Waals surface area contributed by atoms with Crippen molar-refractivity contribution in [1.29, 1.82) is 0 Å². The molecule has 6 nitrogen and oxygen atoms in total. The third kappa shape index (κ3) is 4.61. The summed E-state index contributed by atoms with van der Waals surface area (Å²) in [5.41, 5.74) is 0. The number of nitrogen functional groups attached to an aromatic ring is 1. The SMILES string of the molecule is CCOCCSc1nnc(COc2ccc(F)cc2)n1N. The standard InChI is InChI=1S/C13H17FN4O2S/c1-2-19-7-8-21-13-17-16-12(18(13)15)9-20-11-5-3-10(14)4-6-11/h3-6H,2,7-9,15H2,1H3. The van der Waals surface area contributed by atoms with E-state index in [1.807, 2.05) is 6.92 Å². The van der Waals surface area contributed by atoms with Crippen LogP contribution in [0.5, 0.6) is 5.75 Å². The van der Waals surface area contributed by atoms with E-state index in [1.54, 1.807) is 12.1 Å². The molecule has 0 fully saturated rings. The van der Waals surface area contributed by atoms with E-state index in [2.05, 4.69) is 10.2 Å². The summed E-state index contributed by atoms with van der Waals surface area (Å²) in [5.74, 6) is 7.38. The molecule has 21 heavy (non-hydrogen) atoms. The molecule has 0 atom stereocenters. The average Bonchev–Trinajstić information content (AvgIpc) is 2.84. The molecule has 1 heterocycles. The van der Waals surface area contributed by atoms with Crippen LogP contribution in [0.1, 0.15) is 12.7 Å². The van der Waals surface area contributed by atoms with Crippen molar-refractivity contribution in [1.82, 2.24) is 14.9 Å². The van der Waals surface area contributed by atoms with Crippen LogP contribution in [0, 0.1) is 5.82 Å². The molecular formula is C13H17FN4O2S. The van der Waals surface area contributed by atoms with Gasteiger partial charge in [-0.2, -0.15) is 0 Å². The van der Waals surface area contributed by atoms with Crippen molar-refractivity contribution in [2.75, 3.05) is 24.8 Å². The Morgan fingerprint density at radius 2 is 2.05 bits per heavy atom. The van der Waals surface area contributed by atoms with Gasteiger partial charge in [0.25, 0.3) is 0 Å². The number of aromatic nitrogens is 3. The van der Waals surface area contributed by atoms with Crippen molar-refractivity contribution in [2.45, 2.75) is 18.7 Å². The fraction of sp³-hybridized carbons (Fsp3) is 0.385. The molecule has 0 radical (unpaired) electrons. The third-order valence-corrected chi connectivity index (χ3v) is 3.49. The zero-order chi connectivity index (χ0) is 15.1. The van der Waals surface area contributed by atoms with Crippen molar-refractivity contribution in [3.05, 3.63) is 35.9 Å². The Kier molecular flexibility index (Phi) is 5.82. The lowest BCUT2D eigenvalue weighted by Gasteiger charge is -2.06. The van der Waals surface area contributed by atoms with Crippen LogP contribution in [0.15, 0.2) is 29.4 Å². The Labute approximate surface area is 126 Å². The van der Waals surface area contributed by atoms with E-state index in [0.717, 1.165) is 5.75 Å². The van der Waals surface area contributed by atoms with Gasteiger partial charge in [0.1, 0.15) is 18.2 Å². The van der Waals surface area contributed by atoms with Crippen molar-refractivity contribution in [2.24, 2.45) is 0 Å². The number of nitrogens with two attached hydrogens (primary N) is 1. The molecule has 0 bridgehead atoms. The summed E-state index contributed by atoms with van der Waals surface area (Å²) in [5, 5.41) is 8.57. The van der Waals surface area contributed by atoms with Crippen LogP contribution in [0.2, 0.25) is 0 Å². The molecule has 114 valence electrons. The average molecular weight is 312 g/mol. The number of nitrogens with zero attached hydrogens (tertiary/aromatic N) is 3. The van der Waals surface area contributed by atoms with Gasteiger partial charge in [0.05, 0.1) is 6.61 Å². The van der Waals surface area contributed by atoms with Crippen LogP contribution in [-0.4, -0.2) is 33.8 Å². The van der Waals surface area contributed by atoms with Gasteiger partial charge in [-0.05, 0) is 31.2 Å². The summed E-state index contributed by atoms with van der Waals surface area (Å²) >= 11 is 1.47. The number of benzene rings is 1. The summed E-state index contributed by atoms with van der Waals surface area (Å²) in [7, 11) is 0. The van der Waals surface area contributed by atoms with Crippen molar-refractivity contribution in [3.8, 4) is 5.75 Å². The predicted octanol–water partition coefficient (Wildman–Crippen LogP) is 1.84. The summed E-state index contributed by atoms with van der Waals surface area (Å²) in [6, 6.07) is 5.75. The van der Waals surface area contributed by atoms with E-state index in [1.165, 1.54) is 28.6 Å². The first kappa shape index (κ1) is 15.6. The lowest BCUT2D eigenvalue weighted by Crippen LogP contribution is -2.16. The molecule has 0 aliphatic heterocycles. The normalized spacial score (nSPS) is 10.8. The van der Waals surface area contributed by atoms with Gasteiger partial charge in [-0.25, -0.2) is 9.07 Å². The smallest absolute Gasteiger partial charge is 0.209 e. The van der Waals surface area contributed by atoms with E-state index in [-0.39, 0.29) is 12.4 Å². The van der Waals surface area contributed by atoms with Gasteiger partial charge in [-0.15, -0.1) is 10.2 Å². The quantitative estimate of drug-likeness (QED) is 0.455. The topological polar surface area (TPSA) is 75.2 Å². The lowest BCUT2D eigenvalue weighted by molar-refractivity contribution is 0.164. The van der Waals surface area contributed by atoms with Gasteiger partial charge < -0.3 is 15.3 Å². The molecule has 0 saturated carbocycles. The fourth-order valence-corrected chi connectivity index (χ4v) is 2.25. The van der Waals surface area contributed by atoms with E-state index >= 15 is 0 Å². The van der Waals surface area contributed by atoms with Gasteiger partial charge in [0.15, 0.2) is 5.82 Å². The van der Waals surface area contributed by atoms with Crippen LogP contribution in [-0.2, 0) is 11.3 Å². The Bertz CT molecular complexity index is 562. The van der Waals surface area contributed by atoms with Crippen LogP contribution < -0.4 is 10.6 Å². The molecule has 1 aromatic carbocycles. The molecule has 0 unspecified atom stereocenters. The molecule has 2 aromatic rings. The van der Waals surface area contributed by atoms with Gasteiger partial charge in [0.2, 0.25) is 5.16 Å². The van der Waals surface area contributed by atoms with Gasteiger partial charge >= 0.3 is 0 Å². The second kappa shape index (κ2) is 7.84. The Balaban J connectivity index is 1.86. The highest BCUT2D eigenvalue weighted by molar-refractivity contribution is 7.99. The maximum absolute atomic E-state index is 12.8. The lowest BCUT2D eigenvalue weighted by atomic mass is 10.3. The molecule has 0 aliphatic carbocycles. The minimum Gasteiger partial charge on any atom is -0.486 e. The highest BCUT2D eigenvalue weighted by atomic mass is 32.2. The maximum Gasteiger partial charge on any atom is 0.209 e. The number of ether oxygens (including phenoxy) is 2. The number of rotatable bonds is 8. The molecular weight excluding hydrogens is 295 g/mol. The third-order valence-electron chi connectivity index (χ3n) is 2.58. The summed E-state index contributed by atoms with van der Waals surface area (Å²) in [4.78, 5) is 0. The molecule has 8 heteroatoms. The highest BCUT2D eigenvalue weighted by Gasteiger charge is 2.10. The zero-order valence-electron chi connectivity index (χ0n) is 11.7. The largest absolute Gasteiger partial charge is 0.486 e. The van der Waals surface area contributed by atoms with Crippen LogP contribution in [0.3, 0.4) is 0 Å². The van der Waals surface area contributed by atoms with Gasteiger partial charge in [-0.1, -0.05) is 11.8 Å². The fourth-order valence-electron chi connectivity index (χ4n) is 1.52. The molecule has 0 spiro atoms. The Morgan fingerprint density at radius 3 is 2.76 bits per heavy atom. The number of thioether (sulfide) groups is 1. The number of hydrogen-bond acceptors (Lipinski definition) is 6. The van der Waals surface area contributed by atoms with E-state index in [9.17, 15) is 4.39 Å². The molecule has 0 amide bonds. The van der Waals surface area contributed by atoms with Crippen LogP contribution >= 0.6 is 11.8 Å².